The molecule has 1 saturated carbocycles. The van der Waals surface area contributed by atoms with E-state index in [1.54, 1.807) is 0 Å². The summed E-state index contributed by atoms with van der Waals surface area (Å²) in [6.07, 6.45) is -4.60. The first kappa shape index (κ1) is 15.2. The number of benzene rings is 1. The van der Waals surface area contributed by atoms with Gasteiger partial charge >= 0.3 is 6.18 Å². The summed E-state index contributed by atoms with van der Waals surface area (Å²) >= 11 is 0. The Kier molecular flexibility index (Phi) is 4.04. The molecule has 0 amide bonds. The van der Waals surface area contributed by atoms with Crippen molar-refractivity contribution in [2.45, 2.75) is 43.9 Å². The molecule has 0 saturated heterocycles. The molecule has 0 spiro atoms. The third kappa shape index (κ3) is 3.48. The van der Waals surface area contributed by atoms with Crippen molar-refractivity contribution in [1.82, 2.24) is 0 Å². The minimum absolute atomic E-state index is 0.0162. The van der Waals surface area contributed by atoms with Crippen LogP contribution in [0.25, 0.3) is 0 Å². The van der Waals surface area contributed by atoms with Crippen LogP contribution in [0, 0.1) is 17.6 Å². The summed E-state index contributed by atoms with van der Waals surface area (Å²) in [5.41, 5.74) is -1.55. The molecule has 1 aromatic carbocycles. The molecule has 20 heavy (non-hydrogen) atoms. The molecule has 1 N–H and O–H groups in total. The Morgan fingerprint density at radius 3 is 2.55 bits per heavy atom. The third-order valence-electron chi connectivity index (χ3n) is 3.82. The molecule has 0 aliphatic heterocycles. The lowest BCUT2D eigenvalue weighted by atomic mass is 9.75. The van der Waals surface area contributed by atoms with Crippen LogP contribution >= 0.6 is 0 Å². The quantitative estimate of drug-likeness (QED) is 0.818. The molecule has 0 bridgehead atoms. The molecule has 0 aromatic heterocycles. The van der Waals surface area contributed by atoms with Gasteiger partial charge in [-0.2, -0.15) is 13.2 Å². The minimum Gasteiger partial charge on any atom is -0.390 e. The molecule has 1 fully saturated rings. The smallest absolute Gasteiger partial charge is 0.390 e. The van der Waals surface area contributed by atoms with Gasteiger partial charge in [-0.15, -0.1) is 0 Å². The SMILES string of the molecule is OC1(Cc2ccc(F)cc2F)CCCC(C(F)(F)F)C1. The fraction of sp³-hybridized carbons (Fsp3) is 0.571. The topological polar surface area (TPSA) is 20.2 Å². The lowest BCUT2D eigenvalue weighted by Gasteiger charge is -2.37. The zero-order valence-corrected chi connectivity index (χ0v) is 10.7. The summed E-state index contributed by atoms with van der Waals surface area (Å²) in [6.45, 7) is 0. The van der Waals surface area contributed by atoms with Crippen molar-refractivity contribution in [1.29, 1.82) is 0 Å². The number of hydrogen-bond acceptors (Lipinski definition) is 1. The predicted molar refractivity (Wildman–Crippen MR) is 63.0 cm³/mol. The third-order valence-corrected chi connectivity index (χ3v) is 3.82. The van der Waals surface area contributed by atoms with Gasteiger partial charge in [-0.3, -0.25) is 0 Å². The van der Waals surface area contributed by atoms with E-state index in [4.69, 9.17) is 0 Å². The van der Waals surface area contributed by atoms with Crippen LogP contribution in [0.15, 0.2) is 18.2 Å². The van der Waals surface area contributed by atoms with Crippen LogP contribution < -0.4 is 0 Å². The number of aliphatic hydroxyl groups is 1. The van der Waals surface area contributed by atoms with Gasteiger partial charge in [-0.1, -0.05) is 6.07 Å². The van der Waals surface area contributed by atoms with E-state index in [0.29, 0.717) is 6.07 Å². The molecule has 0 radical (unpaired) electrons. The number of rotatable bonds is 2. The fourth-order valence-corrected chi connectivity index (χ4v) is 2.80. The van der Waals surface area contributed by atoms with Crippen LogP contribution in [0.4, 0.5) is 22.0 Å². The average molecular weight is 294 g/mol. The van der Waals surface area contributed by atoms with Gasteiger partial charge in [0.1, 0.15) is 11.6 Å². The Labute approximate surface area is 113 Å². The van der Waals surface area contributed by atoms with Crippen LogP contribution in [-0.4, -0.2) is 16.9 Å². The molecule has 1 aromatic rings. The molecule has 1 aliphatic carbocycles. The summed E-state index contributed by atoms with van der Waals surface area (Å²) in [4.78, 5) is 0. The second kappa shape index (κ2) is 5.31. The highest BCUT2D eigenvalue weighted by Crippen LogP contribution is 2.43. The molecule has 2 atom stereocenters. The second-order valence-corrected chi connectivity index (χ2v) is 5.47. The molecule has 1 nitrogen and oxygen atoms in total. The average Bonchev–Trinajstić information content (AvgIpc) is 2.32. The van der Waals surface area contributed by atoms with E-state index < -0.39 is 35.8 Å². The molecular formula is C14H15F5O. The first-order chi connectivity index (χ1) is 9.20. The summed E-state index contributed by atoms with van der Waals surface area (Å²) in [5.74, 6) is -3.16. The zero-order valence-electron chi connectivity index (χ0n) is 10.7. The number of hydrogen-bond donors (Lipinski definition) is 1. The first-order valence-electron chi connectivity index (χ1n) is 6.43. The lowest BCUT2D eigenvalue weighted by Crippen LogP contribution is -2.42. The predicted octanol–water partition coefficient (Wildman–Crippen LogP) is 3.99. The molecule has 2 rings (SSSR count). The van der Waals surface area contributed by atoms with Crippen LogP contribution in [0.2, 0.25) is 0 Å². The van der Waals surface area contributed by atoms with Crippen molar-refractivity contribution in [2.24, 2.45) is 5.92 Å². The van der Waals surface area contributed by atoms with Crippen molar-refractivity contribution in [2.75, 3.05) is 0 Å². The van der Waals surface area contributed by atoms with E-state index in [0.717, 1.165) is 6.07 Å². The number of halogens is 5. The van der Waals surface area contributed by atoms with Crippen molar-refractivity contribution < 1.29 is 27.1 Å². The van der Waals surface area contributed by atoms with Gasteiger partial charge in [0.05, 0.1) is 11.5 Å². The van der Waals surface area contributed by atoms with Gasteiger partial charge in [0, 0.05) is 12.5 Å². The summed E-state index contributed by atoms with van der Waals surface area (Å²) in [6, 6.07) is 2.87. The van der Waals surface area contributed by atoms with E-state index in [1.165, 1.54) is 6.07 Å². The Morgan fingerprint density at radius 2 is 1.95 bits per heavy atom. The molecule has 2 unspecified atom stereocenters. The van der Waals surface area contributed by atoms with E-state index in [2.05, 4.69) is 0 Å². The van der Waals surface area contributed by atoms with Gasteiger partial charge in [-0.05, 0) is 37.3 Å². The van der Waals surface area contributed by atoms with E-state index in [1.807, 2.05) is 0 Å². The Bertz CT molecular complexity index is 485. The van der Waals surface area contributed by atoms with E-state index >= 15 is 0 Å². The van der Waals surface area contributed by atoms with Crippen molar-refractivity contribution in [3.8, 4) is 0 Å². The Balaban J connectivity index is 2.14. The molecule has 112 valence electrons. The first-order valence-corrected chi connectivity index (χ1v) is 6.43. The minimum atomic E-state index is -4.35. The molecule has 6 heteroatoms. The maximum Gasteiger partial charge on any atom is 0.391 e. The van der Waals surface area contributed by atoms with Gasteiger partial charge in [0.25, 0.3) is 0 Å². The van der Waals surface area contributed by atoms with Crippen molar-refractivity contribution in [3.63, 3.8) is 0 Å². The normalized spacial score (nSPS) is 27.6. The highest BCUT2D eigenvalue weighted by molar-refractivity contribution is 5.21. The maximum atomic E-state index is 13.5. The molecular weight excluding hydrogens is 279 g/mol. The fourth-order valence-electron chi connectivity index (χ4n) is 2.80. The van der Waals surface area contributed by atoms with E-state index in [9.17, 15) is 27.1 Å². The highest BCUT2D eigenvalue weighted by atomic mass is 19.4. The van der Waals surface area contributed by atoms with Crippen LogP contribution in [-0.2, 0) is 6.42 Å². The van der Waals surface area contributed by atoms with Crippen LogP contribution in [0.3, 0.4) is 0 Å². The van der Waals surface area contributed by atoms with Crippen LogP contribution in [0.5, 0.6) is 0 Å². The maximum absolute atomic E-state index is 13.5. The van der Waals surface area contributed by atoms with Gasteiger partial charge in [-0.25, -0.2) is 8.78 Å². The van der Waals surface area contributed by atoms with Crippen molar-refractivity contribution >= 4 is 0 Å². The molecule has 1 aliphatic rings. The van der Waals surface area contributed by atoms with E-state index in [-0.39, 0.29) is 31.2 Å². The monoisotopic (exact) mass is 294 g/mol. The largest absolute Gasteiger partial charge is 0.391 e. The summed E-state index contributed by atoms with van der Waals surface area (Å²) < 4.78 is 64.5. The Morgan fingerprint density at radius 1 is 1.25 bits per heavy atom. The van der Waals surface area contributed by atoms with Gasteiger partial charge in [0.2, 0.25) is 0 Å². The van der Waals surface area contributed by atoms with Gasteiger partial charge < -0.3 is 5.11 Å². The summed E-state index contributed by atoms with van der Waals surface area (Å²) in [5, 5.41) is 10.3. The van der Waals surface area contributed by atoms with Gasteiger partial charge in [0.15, 0.2) is 0 Å². The second-order valence-electron chi connectivity index (χ2n) is 5.47. The van der Waals surface area contributed by atoms with Crippen LogP contribution in [0.1, 0.15) is 31.2 Å². The highest BCUT2D eigenvalue weighted by Gasteiger charge is 2.47. The lowest BCUT2D eigenvalue weighted by molar-refractivity contribution is -0.200. The number of alkyl halides is 3. The zero-order chi connectivity index (χ0) is 15.0. The summed E-state index contributed by atoms with van der Waals surface area (Å²) in [7, 11) is 0. The standard InChI is InChI=1S/C14H15F5O/c15-11-4-3-9(12(16)6-11)7-13(20)5-1-2-10(8-13)14(17,18)19/h3-4,6,10,20H,1-2,5,7-8H2. The molecule has 0 heterocycles. The van der Waals surface area contributed by atoms with Crippen molar-refractivity contribution in [3.05, 3.63) is 35.4 Å². The Hall–Kier alpha value is -1.17.